The summed E-state index contributed by atoms with van der Waals surface area (Å²) in [5.41, 5.74) is 0. The molecule has 0 spiro atoms. The summed E-state index contributed by atoms with van der Waals surface area (Å²) < 4.78 is 5.56. The van der Waals surface area contributed by atoms with Crippen LogP contribution in [0.1, 0.15) is 39.5 Å². The Hall–Kier alpha value is -1.18. The molecule has 0 atom stereocenters. The van der Waals surface area contributed by atoms with Crippen molar-refractivity contribution in [1.29, 1.82) is 0 Å². The largest absolute Gasteiger partial charge is 0.508 e. The average molecular weight is 222 g/mol. The zero-order valence-corrected chi connectivity index (χ0v) is 10.3. The van der Waals surface area contributed by atoms with Crippen molar-refractivity contribution >= 4 is 0 Å². The maximum absolute atomic E-state index is 9.09. The number of phenols is 1. The fraction of sp³-hybridized carbons (Fsp3) is 0.571. The minimum absolute atomic E-state index is 0.282. The molecule has 0 heterocycles. The third-order valence-corrected chi connectivity index (χ3v) is 2.53. The third-order valence-electron chi connectivity index (χ3n) is 2.53. The molecule has 0 aliphatic carbocycles. The Balaban J connectivity index is 2.05. The fourth-order valence-corrected chi connectivity index (χ4v) is 1.56. The lowest BCUT2D eigenvalue weighted by atomic mass is 10.1. The maximum atomic E-state index is 9.09. The van der Waals surface area contributed by atoms with E-state index in [0.29, 0.717) is 0 Å². The summed E-state index contributed by atoms with van der Waals surface area (Å²) in [6.45, 7) is 5.28. The molecule has 0 fully saturated rings. The van der Waals surface area contributed by atoms with Gasteiger partial charge in [-0.1, -0.05) is 33.1 Å². The Bertz CT molecular complexity index is 277. The third kappa shape index (κ3) is 5.64. The molecule has 16 heavy (non-hydrogen) atoms. The molecule has 1 aromatic carbocycles. The molecule has 0 saturated heterocycles. The van der Waals surface area contributed by atoms with Crippen LogP contribution in [0, 0.1) is 5.92 Å². The zero-order chi connectivity index (χ0) is 11.8. The van der Waals surface area contributed by atoms with E-state index in [1.807, 2.05) is 0 Å². The van der Waals surface area contributed by atoms with Crippen LogP contribution in [-0.2, 0) is 0 Å². The first-order chi connectivity index (χ1) is 7.68. The number of ether oxygens (including phenoxy) is 1. The van der Waals surface area contributed by atoms with Crippen LogP contribution in [0.3, 0.4) is 0 Å². The second kappa shape index (κ2) is 7.15. The molecule has 0 aliphatic heterocycles. The Kier molecular flexibility index (Phi) is 5.76. The van der Waals surface area contributed by atoms with E-state index in [2.05, 4.69) is 13.8 Å². The van der Waals surface area contributed by atoms with E-state index in [1.54, 1.807) is 24.3 Å². The predicted octanol–water partition coefficient (Wildman–Crippen LogP) is 3.99. The van der Waals surface area contributed by atoms with Crippen LogP contribution >= 0.6 is 0 Å². The molecule has 2 nitrogen and oxygen atoms in total. The summed E-state index contributed by atoms with van der Waals surface area (Å²) in [5.74, 6) is 1.92. The van der Waals surface area contributed by atoms with Gasteiger partial charge in [0.1, 0.15) is 11.5 Å². The fourth-order valence-electron chi connectivity index (χ4n) is 1.56. The number of hydrogen-bond donors (Lipinski definition) is 1. The van der Waals surface area contributed by atoms with Gasteiger partial charge in [-0.15, -0.1) is 0 Å². The first kappa shape index (κ1) is 12.9. The Morgan fingerprint density at radius 2 is 1.75 bits per heavy atom. The van der Waals surface area contributed by atoms with Crippen molar-refractivity contribution < 1.29 is 9.84 Å². The molecule has 0 amide bonds. The summed E-state index contributed by atoms with van der Waals surface area (Å²) in [7, 11) is 0. The van der Waals surface area contributed by atoms with Gasteiger partial charge in [-0.25, -0.2) is 0 Å². The van der Waals surface area contributed by atoms with Gasteiger partial charge in [0, 0.05) is 0 Å². The van der Waals surface area contributed by atoms with Gasteiger partial charge in [-0.05, 0) is 36.6 Å². The van der Waals surface area contributed by atoms with Crippen molar-refractivity contribution in [3.05, 3.63) is 24.3 Å². The van der Waals surface area contributed by atoms with Gasteiger partial charge < -0.3 is 9.84 Å². The van der Waals surface area contributed by atoms with Gasteiger partial charge in [-0.2, -0.15) is 0 Å². The van der Waals surface area contributed by atoms with Crippen LogP contribution in [0.4, 0.5) is 0 Å². The van der Waals surface area contributed by atoms with Gasteiger partial charge in [0.25, 0.3) is 0 Å². The minimum Gasteiger partial charge on any atom is -0.508 e. The second-order valence-corrected chi connectivity index (χ2v) is 4.59. The van der Waals surface area contributed by atoms with Gasteiger partial charge in [0.2, 0.25) is 0 Å². The average Bonchev–Trinajstić information content (AvgIpc) is 2.25. The van der Waals surface area contributed by atoms with Crippen molar-refractivity contribution in [1.82, 2.24) is 0 Å². The van der Waals surface area contributed by atoms with Crippen LogP contribution in [0.2, 0.25) is 0 Å². The number of benzene rings is 1. The van der Waals surface area contributed by atoms with E-state index in [0.717, 1.165) is 24.7 Å². The first-order valence-corrected chi connectivity index (χ1v) is 6.10. The molecule has 2 heteroatoms. The lowest BCUT2D eigenvalue weighted by Gasteiger charge is -2.07. The van der Waals surface area contributed by atoms with Crippen molar-refractivity contribution in [2.45, 2.75) is 39.5 Å². The molecule has 1 N–H and O–H groups in total. The topological polar surface area (TPSA) is 29.5 Å². The van der Waals surface area contributed by atoms with Gasteiger partial charge in [-0.3, -0.25) is 0 Å². The molecule has 1 rings (SSSR count). The van der Waals surface area contributed by atoms with Gasteiger partial charge >= 0.3 is 0 Å². The van der Waals surface area contributed by atoms with Crippen LogP contribution in [0.15, 0.2) is 24.3 Å². The number of rotatable bonds is 7. The van der Waals surface area contributed by atoms with Crippen molar-refractivity contribution in [3.8, 4) is 11.5 Å². The Morgan fingerprint density at radius 3 is 2.38 bits per heavy atom. The monoisotopic (exact) mass is 222 g/mol. The summed E-state index contributed by atoms with van der Waals surface area (Å²) >= 11 is 0. The molecule has 90 valence electrons. The molecular weight excluding hydrogens is 200 g/mol. The van der Waals surface area contributed by atoms with E-state index >= 15 is 0 Å². The molecular formula is C14H22O2. The number of aromatic hydroxyl groups is 1. The van der Waals surface area contributed by atoms with Gasteiger partial charge in [0.05, 0.1) is 6.61 Å². The normalized spacial score (nSPS) is 10.7. The van der Waals surface area contributed by atoms with E-state index in [1.165, 1.54) is 19.3 Å². The first-order valence-electron chi connectivity index (χ1n) is 6.10. The SMILES string of the molecule is CC(C)CCCCCOc1ccc(O)cc1. The molecule has 1 aromatic rings. The molecule has 0 saturated carbocycles. The molecule has 0 bridgehead atoms. The second-order valence-electron chi connectivity index (χ2n) is 4.59. The molecule has 0 aromatic heterocycles. The lowest BCUT2D eigenvalue weighted by Crippen LogP contribution is -1.97. The van der Waals surface area contributed by atoms with Gasteiger partial charge in [0.15, 0.2) is 0 Å². The maximum Gasteiger partial charge on any atom is 0.119 e. The zero-order valence-electron chi connectivity index (χ0n) is 10.3. The van der Waals surface area contributed by atoms with Crippen LogP contribution in [0.5, 0.6) is 11.5 Å². The number of phenolic OH excluding ortho intramolecular Hbond substituents is 1. The number of hydrogen-bond acceptors (Lipinski definition) is 2. The lowest BCUT2D eigenvalue weighted by molar-refractivity contribution is 0.302. The predicted molar refractivity (Wildman–Crippen MR) is 66.9 cm³/mol. The minimum atomic E-state index is 0.282. The smallest absolute Gasteiger partial charge is 0.119 e. The standard InChI is InChI=1S/C14H22O2/c1-12(2)6-4-3-5-11-16-14-9-7-13(15)8-10-14/h7-10,12,15H,3-6,11H2,1-2H3. The van der Waals surface area contributed by atoms with Crippen molar-refractivity contribution in [3.63, 3.8) is 0 Å². The van der Waals surface area contributed by atoms with Crippen molar-refractivity contribution in [2.75, 3.05) is 6.61 Å². The molecule has 0 aliphatic rings. The highest BCUT2D eigenvalue weighted by atomic mass is 16.5. The molecule has 0 radical (unpaired) electrons. The Labute approximate surface area is 98.3 Å². The van der Waals surface area contributed by atoms with Crippen LogP contribution < -0.4 is 4.74 Å². The molecule has 0 unspecified atom stereocenters. The summed E-state index contributed by atoms with van der Waals surface area (Å²) in [6, 6.07) is 6.88. The van der Waals surface area contributed by atoms with E-state index in [9.17, 15) is 0 Å². The highest BCUT2D eigenvalue weighted by Crippen LogP contribution is 2.16. The summed E-state index contributed by atoms with van der Waals surface area (Å²) in [5, 5.41) is 9.09. The summed E-state index contributed by atoms with van der Waals surface area (Å²) in [6.07, 6.45) is 4.93. The van der Waals surface area contributed by atoms with E-state index in [4.69, 9.17) is 9.84 Å². The Morgan fingerprint density at radius 1 is 1.06 bits per heavy atom. The van der Waals surface area contributed by atoms with Crippen LogP contribution in [-0.4, -0.2) is 11.7 Å². The summed E-state index contributed by atoms with van der Waals surface area (Å²) in [4.78, 5) is 0. The van der Waals surface area contributed by atoms with E-state index in [-0.39, 0.29) is 5.75 Å². The number of unbranched alkanes of at least 4 members (excludes halogenated alkanes) is 2. The van der Waals surface area contributed by atoms with Crippen LogP contribution in [0.25, 0.3) is 0 Å². The van der Waals surface area contributed by atoms with E-state index < -0.39 is 0 Å². The van der Waals surface area contributed by atoms with Crippen molar-refractivity contribution in [2.24, 2.45) is 5.92 Å². The quantitative estimate of drug-likeness (QED) is 0.707. The highest BCUT2D eigenvalue weighted by Gasteiger charge is 1.96. The highest BCUT2D eigenvalue weighted by molar-refractivity contribution is 5.29.